The van der Waals surface area contributed by atoms with E-state index in [4.69, 9.17) is 23.7 Å². The van der Waals surface area contributed by atoms with E-state index >= 15 is 0 Å². The molecule has 1 N–H and O–H groups in total. The molecule has 0 aromatic heterocycles. The molecule has 3 aliphatic rings. The van der Waals surface area contributed by atoms with Crippen molar-refractivity contribution in [3.05, 3.63) is 0 Å². The Balaban J connectivity index is 1.70. The SMILES string of the molecule is CCCCCCCCCCCCCCCCOC[C@H]1O[C@@H](NC(=O)N2CCCC2CN2CCCC2)[C@H](OCCCCCCCCCCCCCCCC)[C@@H](OCCCCCCCCCCCCCCCC)[C@@H]1OCCCCCCCCCCCCCCCC. The number of hydrogen-bond donors (Lipinski definition) is 1. The van der Waals surface area contributed by atoms with Gasteiger partial charge in [-0.05, 0) is 64.5 Å². The first-order valence-electron chi connectivity index (χ1n) is 41.0. The summed E-state index contributed by atoms with van der Waals surface area (Å²) in [6.45, 7) is 16.4. The number of ether oxygens (including phenoxy) is 5. The highest BCUT2D eigenvalue weighted by Crippen LogP contribution is 2.31. The first kappa shape index (κ1) is 82.3. The number of amides is 2. The molecule has 2 amide bonds. The molecule has 3 saturated heterocycles. The molecule has 0 aliphatic carbocycles. The lowest BCUT2D eigenvalue weighted by molar-refractivity contribution is -0.269. The fraction of sp³-hybridized carbons (Fsp3) is 0.988. The lowest BCUT2D eigenvalue weighted by atomic mass is 9.97. The van der Waals surface area contributed by atoms with Gasteiger partial charge >= 0.3 is 6.03 Å². The van der Waals surface area contributed by atoms with Gasteiger partial charge in [0.05, 0.1) is 6.61 Å². The quantitative estimate of drug-likeness (QED) is 0.0608. The maximum absolute atomic E-state index is 14.8. The van der Waals surface area contributed by atoms with Crippen molar-refractivity contribution in [2.45, 2.75) is 450 Å². The highest BCUT2D eigenvalue weighted by molar-refractivity contribution is 5.75. The number of rotatable bonds is 68. The molecule has 0 bridgehead atoms. The van der Waals surface area contributed by atoms with Crippen molar-refractivity contribution in [1.29, 1.82) is 0 Å². The van der Waals surface area contributed by atoms with E-state index in [0.717, 1.165) is 77.7 Å². The molecule has 9 nitrogen and oxygen atoms in total. The second-order valence-corrected chi connectivity index (χ2v) is 29.0. The summed E-state index contributed by atoms with van der Waals surface area (Å²) in [6, 6.07) is 0.209. The Morgan fingerprint density at radius 3 is 0.978 bits per heavy atom. The van der Waals surface area contributed by atoms with Crippen LogP contribution < -0.4 is 5.32 Å². The van der Waals surface area contributed by atoms with Crippen LogP contribution in [0.5, 0.6) is 0 Å². The smallest absolute Gasteiger partial charge is 0.319 e. The van der Waals surface area contributed by atoms with E-state index in [0.29, 0.717) is 26.4 Å². The van der Waals surface area contributed by atoms with E-state index in [1.165, 1.54) is 340 Å². The average Bonchev–Trinajstić information content (AvgIpc) is 1.86. The summed E-state index contributed by atoms with van der Waals surface area (Å²) >= 11 is 0. The van der Waals surface area contributed by atoms with Crippen molar-refractivity contribution in [3.63, 3.8) is 0 Å². The summed E-state index contributed by atoms with van der Waals surface area (Å²) in [5.41, 5.74) is 0. The molecule has 0 radical (unpaired) electrons. The zero-order valence-corrected chi connectivity index (χ0v) is 60.6. The van der Waals surface area contributed by atoms with Crippen LogP contribution in [0.2, 0.25) is 0 Å². The molecule has 528 valence electrons. The van der Waals surface area contributed by atoms with Gasteiger partial charge in [-0.2, -0.15) is 0 Å². The largest absolute Gasteiger partial charge is 0.379 e. The van der Waals surface area contributed by atoms with Gasteiger partial charge in [0.25, 0.3) is 0 Å². The Hall–Kier alpha value is -0.970. The topological polar surface area (TPSA) is 81.7 Å². The summed E-state index contributed by atoms with van der Waals surface area (Å²) in [7, 11) is 0. The molecule has 0 saturated carbocycles. The van der Waals surface area contributed by atoms with E-state index in [9.17, 15) is 4.79 Å². The van der Waals surface area contributed by atoms with Crippen molar-refractivity contribution in [3.8, 4) is 0 Å². The number of nitrogens with one attached hydrogen (secondary N) is 1. The standard InChI is InChI=1S/C80H157N3O6/c1-5-9-13-17-21-25-29-33-37-41-45-49-53-59-68-85-73-75-76(86-69-60-54-50-46-42-38-34-30-26-22-18-14-10-6-2)77(87-70-61-55-51-47-43-39-35-31-27-23-19-15-11-7-3)78(88-71-62-56-52-48-44-40-36-32-28-24-20-16-12-8-4)79(89-75)81-80(84)83-67-63-64-74(83)72-82-65-57-58-66-82/h74-79H,5-73H2,1-4H3,(H,81,84)/t74?,75-,76-,77+,78-,79-/m1/s1. The van der Waals surface area contributed by atoms with Crippen LogP contribution in [-0.2, 0) is 23.7 Å². The normalized spacial score (nSPS) is 19.8. The zero-order valence-electron chi connectivity index (χ0n) is 60.6. The number of nitrogens with zero attached hydrogens (tertiary/aromatic N) is 2. The van der Waals surface area contributed by atoms with Gasteiger partial charge < -0.3 is 38.8 Å². The first-order chi connectivity index (χ1) is 44.1. The third-order valence-corrected chi connectivity index (χ3v) is 20.6. The lowest BCUT2D eigenvalue weighted by Gasteiger charge is -2.46. The minimum Gasteiger partial charge on any atom is -0.379 e. The van der Waals surface area contributed by atoms with E-state index in [1.807, 2.05) is 0 Å². The van der Waals surface area contributed by atoms with Crippen LogP contribution >= 0.6 is 0 Å². The molecule has 89 heavy (non-hydrogen) atoms. The summed E-state index contributed by atoms with van der Waals surface area (Å²) in [4.78, 5) is 19.5. The Labute approximate surface area is 555 Å². The fourth-order valence-corrected chi connectivity index (χ4v) is 14.6. The second-order valence-electron chi connectivity index (χ2n) is 29.0. The Bertz CT molecular complexity index is 1450. The molecule has 3 fully saturated rings. The van der Waals surface area contributed by atoms with Crippen LogP contribution in [0, 0.1) is 0 Å². The monoisotopic (exact) mass is 1260 g/mol. The second kappa shape index (κ2) is 63.1. The summed E-state index contributed by atoms with van der Waals surface area (Å²) < 4.78 is 35.3. The Kier molecular flexibility index (Phi) is 58.3. The fourth-order valence-electron chi connectivity index (χ4n) is 14.6. The molecule has 0 aromatic rings. The van der Waals surface area contributed by atoms with E-state index in [-0.39, 0.29) is 30.4 Å². The van der Waals surface area contributed by atoms with Gasteiger partial charge in [0, 0.05) is 45.6 Å². The average molecular weight is 1260 g/mol. The number of carbonyl (C=O) groups excluding carboxylic acids is 1. The summed E-state index contributed by atoms with van der Waals surface area (Å²) in [6.07, 6.45) is 77.2. The molecule has 0 spiro atoms. The molecular formula is C80H157N3O6. The highest BCUT2D eigenvalue weighted by Gasteiger charge is 2.49. The molecule has 1 unspecified atom stereocenters. The number of urea groups is 1. The summed E-state index contributed by atoms with van der Waals surface area (Å²) in [5, 5.41) is 3.51. The molecule has 9 heteroatoms. The van der Waals surface area contributed by atoms with Crippen LogP contribution in [-0.4, -0.2) is 112 Å². The zero-order chi connectivity index (χ0) is 63.2. The summed E-state index contributed by atoms with van der Waals surface area (Å²) in [5.74, 6) is 0. The van der Waals surface area contributed by atoms with Gasteiger partial charge in [-0.15, -0.1) is 0 Å². The molecular weight excluding hydrogens is 1100 g/mol. The molecule has 3 rings (SSSR count). The Morgan fingerprint density at radius 1 is 0.348 bits per heavy atom. The highest BCUT2D eigenvalue weighted by atomic mass is 16.6. The van der Waals surface area contributed by atoms with Crippen molar-refractivity contribution in [1.82, 2.24) is 15.1 Å². The lowest BCUT2D eigenvalue weighted by Crippen LogP contribution is -2.66. The van der Waals surface area contributed by atoms with Crippen molar-refractivity contribution >= 4 is 6.03 Å². The number of hydrogen-bond acceptors (Lipinski definition) is 7. The number of carbonyl (C=O) groups is 1. The van der Waals surface area contributed by atoms with Crippen molar-refractivity contribution < 1.29 is 28.5 Å². The minimum atomic E-state index is -0.654. The molecule has 3 heterocycles. The van der Waals surface area contributed by atoms with Crippen LogP contribution in [0.1, 0.15) is 413 Å². The first-order valence-corrected chi connectivity index (χ1v) is 41.0. The van der Waals surface area contributed by atoms with Crippen LogP contribution in [0.3, 0.4) is 0 Å². The predicted octanol–water partition coefficient (Wildman–Crippen LogP) is 24.1. The van der Waals surface area contributed by atoms with E-state index < -0.39 is 12.3 Å². The number of likely N-dealkylation sites (tertiary alicyclic amines) is 2. The molecule has 6 atom stereocenters. The van der Waals surface area contributed by atoms with E-state index in [1.54, 1.807) is 0 Å². The van der Waals surface area contributed by atoms with Gasteiger partial charge in [-0.1, -0.05) is 362 Å². The van der Waals surface area contributed by atoms with Crippen molar-refractivity contribution in [2.75, 3.05) is 59.2 Å². The number of unbranched alkanes of at least 4 members (excludes halogenated alkanes) is 52. The Morgan fingerprint density at radius 2 is 0.640 bits per heavy atom. The predicted molar refractivity (Wildman–Crippen MR) is 384 cm³/mol. The molecule has 0 aromatic carbocycles. The third kappa shape index (κ3) is 45.9. The van der Waals surface area contributed by atoms with Crippen LogP contribution in [0.25, 0.3) is 0 Å². The minimum absolute atomic E-state index is 0.0173. The van der Waals surface area contributed by atoms with Crippen molar-refractivity contribution in [2.24, 2.45) is 0 Å². The van der Waals surface area contributed by atoms with E-state index in [2.05, 4.69) is 42.8 Å². The van der Waals surface area contributed by atoms with Gasteiger partial charge in [0.2, 0.25) is 0 Å². The van der Waals surface area contributed by atoms with Gasteiger partial charge in [0.1, 0.15) is 24.4 Å². The third-order valence-electron chi connectivity index (χ3n) is 20.6. The van der Waals surface area contributed by atoms with Gasteiger partial charge in [0.15, 0.2) is 6.23 Å². The van der Waals surface area contributed by atoms with Crippen LogP contribution in [0.4, 0.5) is 4.79 Å². The van der Waals surface area contributed by atoms with Gasteiger partial charge in [-0.25, -0.2) is 4.79 Å². The maximum Gasteiger partial charge on any atom is 0.319 e. The maximum atomic E-state index is 14.8. The molecule has 3 aliphatic heterocycles. The van der Waals surface area contributed by atoms with Crippen LogP contribution in [0.15, 0.2) is 0 Å². The van der Waals surface area contributed by atoms with Gasteiger partial charge in [-0.3, -0.25) is 0 Å².